The molecule has 0 aliphatic carbocycles. The van der Waals surface area contributed by atoms with Crippen molar-refractivity contribution in [2.45, 2.75) is 38.5 Å². The van der Waals surface area contributed by atoms with Crippen LogP contribution in [0.5, 0.6) is 5.75 Å². The number of imidazole rings is 1. The fourth-order valence-corrected chi connectivity index (χ4v) is 3.79. The molecule has 0 spiro atoms. The number of alkyl halides is 3. The Kier molecular flexibility index (Phi) is 8.46. The Hall–Kier alpha value is -3.73. The van der Waals surface area contributed by atoms with Crippen LogP contribution in [0.25, 0.3) is 0 Å². The van der Waals surface area contributed by atoms with E-state index in [0.717, 1.165) is 22.6 Å². The Bertz CT molecular complexity index is 1230. The number of rotatable bonds is 5. The average Bonchev–Trinajstić information content (AvgIpc) is 3.42. The predicted molar refractivity (Wildman–Crippen MR) is 127 cm³/mol. The van der Waals surface area contributed by atoms with Gasteiger partial charge in [-0.2, -0.15) is 13.2 Å². The highest BCUT2D eigenvalue weighted by Crippen LogP contribution is 2.38. The van der Waals surface area contributed by atoms with Crippen molar-refractivity contribution < 1.29 is 32.6 Å². The lowest BCUT2D eigenvalue weighted by Crippen LogP contribution is -2.33. The highest BCUT2D eigenvalue weighted by molar-refractivity contribution is 6.32. The molecule has 8 nitrogen and oxygen atoms in total. The van der Waals surface area contributed by atoms with E-state index in [1.807, 2.05) is 48.8 Å². The third-order valence-corrected chi connectivity index (χ3v) is 5.41. The fourth-order valence-electron chi connectivity index (χ4n) is 3.55. The van der Waals surface area contributed by atoms with E-state index in [4.69, 9.17) is 26.2 Å². The van der Waals surface area contributed by atoms with Gasteiger partial charge in [0, 0.05) is 36.1 Å². The standard InChI is InChI=1S/C22H23ClN4O2.C2HF3O2/c1-14(2)21-24-9-10-27(21)12-15-5-3-6-16(11-15)25-22(28)26-19-13-29-20-17(19)7-4-8-18(20)23;3-2(4,5)1(6)7/h3-11,14,19H,12-13H2,1-2H3,(H2,25,26,28);(H,6,7). The maximum atomic E-state index is 12.5. The first-order chi connectivity index (χ1) is 17.0. The summed E-state index contributed by atoms with van der Waals surface area (Å²) in [4.78, 5) is 25.8. The molecule has 192 valence electrons. The number of aliphatic carboxylic acids is 1. The molecule has 3 aromatic rings. The number of halogens is 4. The van der Waals surface area contributed by atoms with Crippen molar-refractivity contribution in [2.24, 2.45) is 0 Å². The number of nitrogens with zero attached hydrogens (tertiary/aromatic N) is 2. The van der Waals surface area contributed by atoms with Crippen LogP contribution in [-0.4, -0.2) is 39.4 Å². The number of aromatic nitrogens is 2. The van der Waals surface area contributed by atoms with Crippen LogP contribution >= 0.6 is 11.6 Å². The highest BCUT2D eigenvalue weighted by Gasteiger charge is 2.38. The number of carbonyl (C=O) groups excluding carboxylic acids is 1. The van der Waals surface area contributed by atoms with E-state index in [-0.39, 0.29) is 12.1 Å². The quantitative estimate of drug-likeness (QED) is 0.403. The van der Waals surface area contributed by atoms with Gasteiger partial charge < -0.3 is 25.0 Å². The molecule has 1 unspecified atom stereocenters. The molecule has 0 saturated carbocycles. The second-order valence-corrected chi connectivity index (χ2v) is 8.60. The van der Waals surface area contributed by atoms with Crippen molar-refractivity contribution in [3.05, 3.63) is 76.8 Å². The first-order valence-corrected chi connectivity index (χ1v) is 11.2. The van der Waals surface area contributed by atoms with Gasteiger partial charge in [-0.1, -0.05) is 49.7 Å². The number of hydrogen-bond acceptors (Lipinski definition) is 4. The van der Waals surface area contributed by atoms with Gasteiger partial charge in [-0.25, -0.2) is 14.6 Å². The second-order valence-electron chi connectivity index (χ2n) is 8.19. The summed E-state index contributed by atoms with van der Waals surface area (Å²) in [6.07, 6.45) is -1.29. The molecule has 0 saturated heterocycles. The number of ether oxygens (including phenoxy) is 1. The summed E-state index contributed by atoms with van der Waals surface area (Å²) < 4.78 is 39.5. The van der Waals surface area contributed by atoms with Gasteiger partial charge in [0.2, 0.25) is 0 Å². The van der Waals surface area contributed by atoms with Gasteiger partial charge in [0.15, 0.2) is 0 Å². The summed E-state index contributed by atoms with van der Waals surface area (Å²) in [5.74, 6) is -0.725. The number of amides is 2. The molecule has 0 fully saturated rings. The fraction of sp³-hybridized carbons (Fsp3) is 0.292. The summed E-state index contributed by atoms with van der Waals surface area (Å²) in [7, 11) is 0. The smallest absolute Gasteiger partial charge is 0.489 e. The van der Waals surface area contributed by atoms with Gasteiger partial charge in [-0.15, -0.1) is 0 Å². The molecule has 1 atom stereocenters. The molecular weight excluding hydrogens is 501 g/mol. The molecule has 4 rings (SSSR count). The van der Waals surface area contributed by atoms with Crippen LogP contribution in [0.15, 0.2) is 54.9 Å². The van der Waals surface area contributed by atoms with Crippen LogP contribution < -0.4 is 15.4 Å². The van der Waals surface area contributed by atoms with E-state index < -0.39 is 12.1 Å². The number of benzene rings is 2. The third-order valence-electron chi connectivity index (χ3n) is 5.12. The molecule has 1 aromatic heterocycles. The van der Waals surface area contributed by atoms with Crippen molar-refractivity contribution in [2.75, 3.05) is 11.9 Å². The van der Waals surface area contributed by atoms with Crippen LogP contribution in [-0.2, 0) is 11.3 Å². The lowest BCUT2D eigenvalue weighted by atomic mass is 10.1. The first kappa shape index (κ1) is 26.9. The Morgan fingerprint density at radius 1 is 1.25 bits per heavy atom. The molecule has 3 N–H and O–H groups in total. The number of fused-ring (bicyclic) bond motifs is 1. The molecule has 0 radical (unpaired) electrons. The molecule has 2 heterocycles. The number of carboxylic acid groups (broad SMARTS) is 1. The second kappa shape index (κ2) is 11.3. The zero-order chi connectivity index (χ0) is 26.5. The molecule has 0 bridgehead atoms. The normalized spacial score (nSPS) is 14.4. The average molecular weight is 525 g/mol. The highest BCUT2D eigenvalue weighted by atomic mass is 35.5. The van der Waals surface area contributed by atoms with Gasteiger partial charge in [0.05, 0.1) is 11.1 Å². The topological polar surface area (TPSA) is 105 Å². The van der Waals surface area contributed by atoms with Crippen LogP contribution in [0.2, 0.25) is 5.02 Å². The third kappa shape index (κ3) is 6.91. The van der Waals surface area contributed by atoms with Crippen LogP contribution in [0.4, 0.5) is 23.7 Å². The van der Waals surface area contributed by atoms with E-state index in [0.29, 0.717) is 29.8 Å². The number of nitrogens with one attached hydrogen (secondary N) is 2. The first-order valence-electron chi connectivity index (χ1n) is 10.8. The Morgan fingerprint density at radius 3 is 2.61 bits per heavy atom. The predicted octanol–water partition coefficient (Wildman–Crippen LogP) is 5.60. The van der Waals surface area contributed by atoms with Gasteiger partial charge in [0.1, 0.15) is 18.2 Å². The number of urea groups is 1. The molecule has 1 aliphatic rings. The molecule has 12 heteroatoms. The zero-order valence-electron chi connectivity index (χ0n) is 19.3. The summed E-state index contributed by atoms with van der Waals surface area (Å²) in [6, 6.07) is 12.8. The van der Waals surface area contributed by atoms with E-state index in [1.165, 1.54) is 0 Å². The van der Waals surface area contributed by atoms with Crippen molar-refractivity contribution in [1.29, 1.82) is 0 Å². The number of anilines is 1. The maximum absolute atomic E-state index is 12.5. The zero-order valence-corrected chi connectivity index (χ0v) is 20.1. The van der Waals surface area contributed by atoms with Gasteiger partial charge in [-0.3, -0.25) is 0 Å². The van der Waals surface area contributed by atoms with Crippen molar-refractivity contribution >= 4 is 29.3 Å². The minimum absolute atomic E-state index is 0.230. The van der Waals surface area contributed by atoms with Crippen LogP contribution in [0, 0.1) is 0 Å². The van der Waals surface area contributed by atoms with Crippen molar-refractivity contribution in [3.8, 4) is 5.75 Å². The van der Waals surface area contributed by atoms with Gasteiger partial charge >= 0.3 is 18.2 Å². The lowest BCUT2D eigenvalue weighted by Gasteiger charge is -2.14. The van der Waals surface area contributed by atoms with E-state index in [2.05, 4.69) is 34.0 Å². The van der Waals surface area contributed by atoms with Gasteiger partial charge in [0.25, 0.3) is 0 Å². The summed E-state index contributed by atoms with van der Waals surface area (Å²) in [5, 5.41) is 13.5. The minimum atomic E-state index is -5.08. The molecule has 36 heavy (non-hydrogen) atoms. The minimum Gasteiger partial charge on any atom is -0.489 e. The van der Waals surface area contributed by atoms with E-state index in [1.54, 1.807) is 6.07 Å². The molecule has 1 aliphatic heterocycles. The Morgan fingerprint density at radius 2 is 1.94 bits per heavy atom. The van der Waals surface area contributed by atoms with E-state index >= 15 is 0 Å². The SMILES string of the molecule is CC(C)c1nccn1Cc1cccc(NC(=O)NC2COc3c(Cl)cccc32)c1.O=C(O)C(F)(F)F. The molecule has 2 amide bonds. The van der Waals surface area contributed by atoms with Gasteiger partial charge in [-0.05, 0) is 23.8 Å². The monoisotopic (exact) mass is 524 g/mol. The van der Waals surface area contributed by atoms with Crippen molar-refractivity contribution in [3.63, 3.8) is 0 Å². The number of carbonyl (C=O) groups is 2. The van der Waals surface area contributed by atoms with Crippen LogP contribution in [0.1, 0.15) is 42.8 Å². The summed E-state index contributed by atoms with van der Waals surface area (Å²) in [6.45, 7) is 5.32. The summed E-state index contributed by atoms with van der Waals surface area (Å²) >= 11 is 6.15. The number of hydrogen-bond donors (Lipinski definition) is 3. The number of carboxylic acids is 1. The Balaban J connectivity index is 0.000000454. The van der Waals surface area contributed by atoms with E-state index in [9.17, 15) is 18.0 Å². The maximum Gasteiger partial charge on any atom is 0.490 e. The Labute approximate surface area is 210 Å². The molecular formula is C24H24ClF3N4O4. The molecule has 2 aromatic carbocycles. The summed E-state index contributed by atoms with van der Waals surface area (Å²) in [5.41, 5.74) is 2.71. The van der Waals surface area contributed by atoms with Crippen LogP contribution in [0.3, 0.4) is 0 Å². The lowest BCUT2D eigenvalue weighted by molar-refractivity contribution is -0.192. The number of para-hydroxylation sites is 1. The van der Waals surface area contributed by atoms with Crippen molar-refractivity contribution in [1.82, 2.24) is 14.9 Å². The largest absolute Gasteiger partial charge is 0.490 e.